The number of nitrogens with zero attached hydrogens (tertiary/aromatic N) is 2. The third kappa shape index (κ3) is 2.09. The molecule has 0 saturated carbocycles. The number of anilines is 1. The van der Waals surface area contributed by atoms with Crippen molar-refractivity contribution >= 4 is 5.95 Å². The highest BCUT2D eigenvalue weighted by molar-refractivity contribution is 5.31. The van der Waals surface area contributed by atoms with Crippen molar-refractivity contribution in [3.63, 3.8) is 0 Å². The van der Waals surface area contributed by atoms with E-state index in [1.54, 1.807) is 0 Å². The lowest BCUT2D eigenvalue weighted by Crippen LogP contribution is -2.17. The van der Waals surface area contributed by atoms with Gasteiger partial charge in [-0.15, -0.1) is 0 Å². The average Bonchev–Trinajstić information content (AvgIpc) is 2.49. The van der Waals surface area contributed by atoms with Crippen LogP contribution in [0, 0.1) is 0 Å². The molecule has 0 aromatic carbocycles. The molecule has 1 aromatic rings. The number of aromatic nitrogens is 2. The molecule has 82 valence electrons. The smallest absolute Gasteiger partial charge is 0.222 e. The summed E-state index contributed by atoms with van der Waals surface area (Å²) >= 11 is 0. The predicted octanol–water partition coefficient (Wildman–Crippen LogP) is 1.51. The van der Waals surface area contributed by atoms with Crippen LogP contribution in [0.15, 0.2) is 6.20 Å². The van der Waals surface area contributed by atoms with Crippen molar-refractivity contribution in [3.05, 3.63) is 17.5 Å². The van der Waals surface area contributed by atoms with E-state index in [4.69, 9.17) is 0 Å². The average molecular weight is 206 g/mol. The maximum Gasteiger partial charge on any atom is 0.222 e. The molecule has 0 saturated heterocycles. The zero-order valence-corrected chi connectivity index (χ0v) is 9.38. The van der Waals surface area contributed by atoms with Gasteiger partial charge < -0.3 is 10.6 Å². The lowest BCUT2D eigenvalue weighted by Gasteiger charge is -2.15. The third-order valence-electron chi connectivity index (χ3n) is 3.00. The molecule has 1 aromatic heterocycles. The molecule has 1 unspecified atom stereocenters. The van der Waals surface area contributed by atoms with Crippen LogP contribution in [-0.2, 0) is 6.42 Å². The van der Waals surface area contributed by atoms with E-state index in [0.29, 0.717) is 6.04 Å². The molecule has 15 heavy (non-hydrogen) atoms. The Kier molecular flexibility index (Phi) is 3.16. The van der Waals surface area contributed by atoms with Gasteiger partial charge in [-0.3, -0.25) is 0 Å². The van der Waals surface area contributed by atoms with E-state index in [1.165, 1.54) is 30.5 Å². The molecule has 1 heterocycles. The largest absolute Gasteiger partial charge is 0.357 e. The van der Waals surface area contributed by atoms with Crippen LogP contribution in [0.5, 0.6) is 0 Å². The Morgan fingerprint density at radius 2 is 2.20 bits per heavy atom. The first-order valence-corrected chi connectivity index (χ1v) is 5.56. The topological polar surface area (TPSA) is 49.8 Å². The normalized spacial score (nSPS) is 20.5. The van der Waals surface area contributed by atoms with Gasteiger partial charge in [-0.1, -0.05) is 6.42 Å². The van der Waals surface area contributed by atoms with Crippen molar-refractivity contribution < 1.29 is 0 Å². The van der Waals surface area contributed by atoms with Crippen molar-refractivity contribution in [1.82, 2.24) is 15.3 Å². The highest BCUT2D eigenvalue weighted by Crippen LogP contribution is 2.27. The SMILES string of the molecule is CNc1ncc2c(n1)CCCCC2NC. The van der Waals surface area contributed by atoms with Crippen molar-refractivity contribution in [2.75, 3.05) is 19.4 Å². The Morgan fingerprint density at radius 3 is 2.93 bits per heavy atom. The molecule has 0 spiro atoms. The Balaban J connectivity index is 2.36. The van der Waals surface area contributed by atoms with Crippen LogP contribution in [0.1, 0.15) is 36.6 Å². The standard InChI is InChI=1S/C11H18N4/c1-12-9-5-3-4-6-10-8(9)7-14-11(13-2)15-10/h7,9,12H,3-6H2,1-2H3,(H,13,14,15). The zero-order valence-electron chi connectivity index (χ0n) is 9.38. The van der Waals surface area contributed by atoms with E-state index in [2.05, 4.69) is 20.6 Å². The lowest BCUT2D eigenvalue weighted by atomic mass is 10.1. The van der Waals surface area contributed by atoms with Crippen molar-refractivity contribution in [2.24, 2.45) is 0 Å². The predicted molar refractivity (Wildman–Crippen MR) is 60.9 cm³/mol. The summed E-state index contributed by atoms with van der Waals surface area (Å²) < 4.78 is 0. The summed E-state index contributed by atoms with van der Waals surface area (Å²) in [4.78, 5) is 8.82. The molecule has 0 bridgehead atoms. The van der Waals surface area contributed by atoms with Crippen LogP contribution in [0.3, 0.4) is 0 Å². The maximum absolute atomic E-state index is 4.53. The van der Waals surface area contributed by atoms with Crippen LogP contribution in [0.2, 0.25) is 0 Å². The fraction of sp³-hybridized carbons (Fsp3) is 0.636. The first-order valence-electron chi connectivity index (χ1n) is 5.56. The van der Waals surface area contributed by atoms with E-state index >= 15 is 0 Å². The van der Waals surface area contributed by atoms with Crippen LogP contribution in [0.25, 0.3) is 0 Å². The fourth-order valence-corrected chi connectivity index (χ4v) is 2.13. The molecular formula is C11H18N4. The Labute approximate surface area is 90.5 Å². The van der Waals surface area contributed by atoms with Crippen molar-refractivity contribution in [1.29, 1.82) is 0 Å². The summed E-state index contributed by atoms with van der Waals surface area (Å²) in [5.41, 5.74) is 2.47. The molecule has 1 aliphatic rings. The van der Waals surface area contributed by atoms with Crippen LogP contribution in [0.4, 0.5) is 5.95 Å². The molecule has 1 aliphatic carbocycles. The van der Waals surface area contributed by atoms with E-state index in [9.17, 15) is 0 Å². The van der Waals surface area contributed by atoms with Gasteiger partial charge in [-0.2, -0.15) is 0 Å². The summed E-state index contributed by atoms with van der Waals surface area (Å²) in [6.45, 7) is 0. The van der Waals surface area contributed by atoms with E-state index in [1.807, 2.05) is 20.3 Å². The number of hydrogen-bond donors (Lipinski definition) is 2. The monoisotopic (exact) mass is 206 g/mol. The summed E-state index contributed by atoms with van der Waals surface area (Å²) in [6, 6.07) is 0.424. The van der Waals surface area contributed by atoms with E-state index in [-0.39, 0.29) is 0 Å². The number of rotatable bonds is 2. The Hall–Kier alpha value is -1.16. The molecule has 4 heteroatoms. The van der Waals surface area contributed by atoms with Gasteiger partial charge in [0.2, 0.25) is 5.95 Å². The second-order valence-electron chi connectivity index (χ2n) is 3.93. The van der Waals surface area contributed by atoms with Crippen molar-refractivity contribution in [2.45, 2.75) is 31.7 Å². The van der Waals surface area contributed by atoms with Gasteiger partial charge in [0.15, 0.2) is 0 Å². The van der Waals surface area contributed by atoms with Gasteiger partial charge in [-0.05, 0) is 26.3 Å². The molecule has 0 amide bonds. The van der Waals surface area contributed by atoms with Crippen molar-refractivity contribution in [3.8, 4) is 0 Å². The molecular weight excluding hydrogens is 188 g/mol. The Morgan fingerprint density at radius 1 is 1.33 bits per heavy atom. The number of fused-ring (bicyclic) bond motifs is 1. The highest BCUT2D eigenvalue weighted by Gasteiger charge is 2.18. The minimum absolute atomic E-state index is 0.424. The maximum atomic E-state index is 4.53. The molecule has 1 atom stereocenters. The second kappa shape index (κ2) is 4.57. The highest BCUT2D eigenvalue weighted by atomic mass is 15.1. The summed E-state index contributed by atoms with van der Waals surface area (Å²) in [7, 11) is 3.86. The lowest BCUT2D eigenvalue weighted by molar-refractivity contribution is 0.532. The minimum Gasteiger partial charge on any atom is -0.357 e. The van der Waals surface area contributed by atoms with E-state index < -0.39 is 0 Å². The number of hydrogen-bond acceptors (Lipinski definition) is 4. The summed E-state index contributed by atoms with van der Waals surface area (Å²) in [5, 5.41) is 6.32. The molecule has 0 aliphatic heterocycles. The quantitative estimate of drug-likeness (QED) is 0.720. The first-order chi connectivity index (χ1) is 7.35. The van der Waals surface area contributed by atoms with Gasteiger partial charge in [0.25, 0.3) is 0 Å². The fourth-order valence-electron chi connectivity index (χ4n) is 2.13. The van der Waals surface area contributed by atoms with Crippen LogP contribution < -0.4 is 10.6 Å². The number of aryl methyl sites for hydroxylation is 1. The third-order valence-corrected chi connectivity index (χ3v) is 3.00. The molecule has 4 nitrogen and oxygen atoms in total. The molecule has 2 rings (SSSR count). The Bertz CT molecular complexity index is 337. The van der Waals surface area contributed by atoms with Gasteiger partial charge >= 0.3 is 0 Å². The molecule has 2 N–H and O–H groups in total. The minimum atomic E-state index is 0.424. The van der Waals surface area contributed by atoms with Gasteiger partial charge in [0.05, 0.1) is 5.69 Å². The van der Waals surface area contributed by atoms with Crippen LogP contribution in [-0.4, -0.2) is 24.1 Å². The molecule has 0 radical (unpaired) electrons. The van der Waals surface area contributed by atoms with Gasteiger partial charge in [0, 0.05) is 24.8 Å². The molecule has 0 fully saturated rings. The summed E-state index contributed by atoms with van der Waals surface area (Å²) in [6.07, 6.45) is 6.71. The number of nitrogens with one attached hydrogen (secondary N) is 2. The van der Waals surface area contributed by atoms with Crippen LogP contribution >= 0.6 is 0 Å². The van der Waals surface area contributed by atoms with Gasteiger partial charge in [-0.25, -0.2) is 9.97 Å². The first kappa shape index (κ1) is 10.4. The van der Waals surface area contributed by atoms with Gasteiger partial charge in [0.1, 0.15) is 0 Å². The zero-order chi connectivity index (χ0) is 10.7. The summed E-state index contributed by atoms with van der Waals surface area (Å²) in [5.74, 6) is 0.727. The van der Waals surface area contributed by atoms with E-state index in [0.717, 1.165) is 12.4 Å². The second-order valence-corrected chi connectivity index (χ2v) is 3.93.